The highest BCUT2D eigenvalue weighted by molar-refractivity contribution is 5.98. The summed E-state index contributed by atoms with van der Waals surface area (Å²) in [6.45, 7) is 5.34. The fourth-order valence-electron chi connectivity index (χ4n) is 2.67. The van der Waals surface area contributed by atoms with Gasteiger partial charge in [-0.05, 0) is 37.9 Å². The van der Waals surface area contributed by atoms with E-state index in [2.05, 4.69) is 12.2 Å². The van der Waals surface area contributed by atoms with Crippen molar-refractivity contribution in [3.8, 4) is 0 Å². The van der Waals surface area contributed by atoms with Gasteiger partial charge >= 0.3 is 0 Å². The highest BCUT2D eigenvalue weighted by Crippen LogP contribution is 2.23. The van der Waals surface area contributed by atoms with Crippen LogP contribution in [0.1, 0.15) is 30.1 Å². The summed E-state index contributed by atoms with van der Waals surface area (Å²) in [7, 11) is 0. The second-order valence-corrected chi connectivity index (χ2v) is 5.32. The number of rotatable bonds is 5. The molecule has 1 aliphatic heterocycles. The summed E-state index contributed by atoms with van der Waals surface area (Å²) in [6.07, 6.45) is 1.89. The smallest absolute Gasteiger partial charge is 0.282 e. The Balaban J connectivity index is 2.01. The minimum atomic E-state index is -0.495. The molecule has 6 heteroatoms. The van der Waals surface area contributed by atoms with Gasteiger partial charge in [0.15, 0.2) is 0 Å². The molecule has 6 nitrogen and oxygen atoms in total. The lowest BCUT2D eigenvalue weighted by molar-refractivity contribution is -0.385. The average molecular weight is 291 g/mol. The number of para-hydroxylation sites is 1. The molecule has 0 unspecified atom stereocenters. The van der Waals surface area contributed by atoms with Gasteiger partial charge in [0.05, 0.1) is 4.92 Å². The maximum Gasteiger partial charge on any atom is 0.282 e. The van der Waals surface area contributed by atoms with Crippen molar-refractivity contribution in [1.29, 1.82) is 0 Å². The van der Waals surface area contributed by atoms with Crippen LogP contribution in [0.4, 0.5) is 5.69 Å². The van der Waals surface area contributed by atoms with Gasteiger partial charge in [0.25, 0.3) is 11.6 Å². The first-order valence-electron chi connectivity index (χ1n) is 7.37. The van der Waals surface area contributed by atoms with Gasteiger partial charge in [-0.15, -0.1) is 0 Å². The number of nitrogens with zero attached hydrogens (tertiary/aromatic N) is 2. The van der Waals surface area contributed by atoms with Crippen LogP contribution in [0, 0.1) is 16.0 Å². The zero-order valence-corrected chi connectivity index (χ0v) is 12.2. The maximum atomic E-state index is 12.5. The van der Waals surface area contributed by atoms with E-state index in [1.807, 2.05) is 0 Å². The number of nitro groups is 1. The molecule has 1 aromatic rings. The second kappa shape index (κ2) is 7.17. The number of amides is 1. The van der Waals surface area contributed by atoms with Crippen LogP contribution in [0.2, 0.25) is 0 Å². The molecule has 1 saturated heterocycles. The van der Waals surface area contributed by atoms with Crippen LogP contribution in [-0.2, 0) is 0 Å². The van der Waals surface area contributed by atoms with Crippen molar-refractivity contribution in [2.45, 2.75) is 19.8 Å². The Morgan fingerprint density at radius 1 is 1.38 bits per heavy atom. The molecule has 21 heavy (non-hydrogen) atoms. The lowest BCUT2D eigenvalue weighted by Crippen LogP contribution is -2.40. The molecule has 1 fully saturated rings. The summed E-state index contributed by atoms with van der Waals surface area (Å²) in [5.41, 5.74) is 0.0740. The second-order valence-electron chi connectivity index (χ2n) is 5.32. The number of nitro benzene ring substituents is 1. The van der Waals surface area contributed by atoms with Gasteiger partial charge in [-0.25, -0.2) is 0 Å². The summed E-state index contributed by atoms with van der Waals surface area (Å²) in [5.74, 6) is 0.351. The number of benzene rings is 1. The number of hydrogen-bond acceptors (Lipinski definition) is 4. The van der Waals surface area contributed by atoms with E-state index in [1.54, 1.807) is 17.0 Å². The number of piperidine rings is 1. The highest BCUT2D eigenvalue weighted by Gasteiger charge is 2.27. The van der Waals surface area contributed by atoms with Gasteiger partial charge in [-0.3, -0.25) is 14.9 Å². The Bertz CT molecular complexity index is 511. The first-order valence-corrected chi connectivity index (χ1v) is 7.37. The fourth-order valence-corrected chi connectivity index (χ4v) is 2.67. The van der Waals surface area contributed by atoms with Crippen LogP contribution in [0.5, 0.6) is 0 Å². The minimum Gasteiger partial charge on any atom is -0.338 e. The first-order chi connectivity index (χ1) is 10.1. The number of nitrogens with one attached hydrogen (secondary N) is 1. The van der Waals surface area contributed by atoms with Crippen LogP contribution < -0.4 is 5.32 Å². The van der Waals surface area contributed by atoms with Crippen LogP contribution in [0.25, 0.3) is 0 Å². The molecule has 1 amide bonds. The molecular formula is C15H21N3O3. The zero-order valence-electron chi connectivity index (χ0n) is 12.2. The third-order valence-corrected chi connectivity index (χ3v) is 3.92. The molecule has 0 aromatic heterocycles. The van der Waals surface area contributed by atoms with Gasteiger partial charge in [-0.1, -0.05) is 19.1 Å². The van der Waals surface area contributed by atoms with E-state index >= 15 is 0 Å². The number of carbonyl (C=O) groups excluding carboxylic acids is 1. The lowest BCUT2D eigenvalue weighted by atomic mass is 9.96. The Labute approximate surface area is 124 Å². The SMILES string of the molecule is CCNCC1CCN(C(=O)c2ccccc2[N+](=O)[O-])CC1. The van der Waals surface area contributed by atoms with E-state index in [-0.39, 0.29) is 17.2 Å². The summed E-state index contributed by atoms with van der Waals surface area (Å²) in [5, 5.41) is 14.3. The first kappa shape index (κ1) is 15.4. The Hall–Kier alpha value is -1.95. The summed E-state index contributed by atoms with van der Waals surface area (Å²) < 4.78 is 0. The third-order valence-electron chi connectivity index (χ3n) is 3.92. The van der Waals surface area contributed by atoms with Crippen molar-refractivity contribution in [2.75, 3.05) is 26.2 Å². The molecule has 1 aliphatic rings. The molecular weight excluding hydrogens is 270 g/mol. The topological polar surface area (TPSA) is 75.5 Å². The van der Waals surface area contributed by atoms with Crippen LogP contribution in [-0.4, -0.2) is 41.9 Å². The van der Waals surface area contributed by atoms with Gasteiger partial charge in [0, 0.05) is 19.2 Å². The molecule has 2 rings (SSSR count). The van der Waals surface area contributed by atoms with Crippen molar-refractivity contribution < 1.29 is 9.72 Å². The fraction of sp³-hybridized carbons (Fsp3) is 0.533. The third kappa shape index (κ3) is 3.78. The standard InChI is InChI=1S/C15H21N3O3/c1-2-16-11-12-7-9-17(10-8-12)15(19)13-5-3-4-6-14(13)18(20)21/h3-6,12,16H,2,7-11H2,1H3. The van der Waals surface area contributed by atoms with Crippen molar-refractivity contribution >= 4 is 11.6 Å². The average Bonchev–Trinajstić information content (AvgIpc) is 2.52. The largest absolute Gasteiger partial charge is 0.338 e. The number of carbonyl (C=O) groups is 1. The number of likely N-dealkylation sites (tertiary alicyclic amines) is 1. The summed E-state index contributed by atoms with van der Waals surface area (Å²) in [6, 6.07) is 6.16. The molecule has 0 radical (unpaired) electrons. The van der Waals surface area contributed by atoms with E-state index in [4.69, 9.17) is 0 Å². The van der Waals surface area contributed by atoms with E-state index in [0.29, 0.717) is 19.0 Å². The highest BCUT2D eigenvalue weighted by atomic mass is 16.6. The molecule has 114 valence electrons. The van der Waals surface area contributed by atoms with E-state index in [1.165, 1.54) is 12.1 Å². The molecule has 0 saturated carbocycles. The van der Waals surface area contributed by atoms with Crippen LogP contribution >= 0.6 is 0 Å². The van der Waals surface area contributed by atoms with E-state index in [9.17, 15) is 14.9 Å². The minimum absolute atomic E-state index is 0.114. The van der Waals surface area contributed by atoms with Gasteiger partial charge in [0.2, 0.25) is 0 Å². The van der Waals surface area contributed by atoms with Gasteiger partial charge < -0.3 is 10.2 Å². The van der Waals surface area contributed by atoms with Crippen molar-refractivity contribution in [3.63, 3.8) is 0 Å². The van der Waals surface area contributed by atoms with Crippen molar-refractivity contribution in [1.82, 2.24) is 10.2 Å². The summed E-state index contributed by atoms with van der Waals surface area (Å²) in [4.78, 5) is 24.7. The molecule has 0 atom stereocenters. The van der Waals surface area contributed by atoms with E-state index < -0.39 is 4.92 Å². The van der Waals surface area contributed by atoms with Gasteiger partial charge in [-0.2, -0.15) is 0 Å². The molecule has 1 N–H and O–H groups in total. The molecule has 0 aliphatic carbocycles. The normalized spacial score (nSPS) is 16.0. The summed E-state index contributed by atoms with van der Waals surface area (Å²) >= 11 is 0. The number of hydrogen-bond donors (Lipinski definition) is 1. The molecule has 0 bridgehead atoms. The van der Waals surface area contributed by atoms with Crippen molar-refractivity contribution in [2.24, 2.45) is 5.92 Å². The predicted molar refractivity (Wildman–Crippen MR) is 80.3 cm³/mol. The Morgan fingerprint density at radius 3 is 2.67 bits per heavy atom. The van der Waals surface area contributed by atoms with Gasteiger partial charge in [0.1, 0.15) is 5.56 Å². The Kier molecular flexibility index (Phi) is 5.27. The lowest BCUT2D eigenvalue weighted by Gasteiger charge is -2.32. The molecule has 1 aromatic carbocycles. The monoisotopic (exact) mass is 291 g/mol. The van der Waals surface area contributed by atoms with Crippen molar-refractivity contribution in [3.05, 3.63) is 39.9 Å². The Morgan fingerprint density at radius 2 is 2.05 bits per heavy atom. The van der Waals surface area contributed by atoms with Crippen LogP contribution in [0.3, 0.4) is 0 Å². The van der Waals surface area contributed by atoms with E-state index in [0.717, 1.165) is 25.9 Å². The predicted octanol–water partition coefficient (Wildman–Crippen LogP) is 2.06. The zero-order chi connectivity index (χ0) is 15.2. The van der Waals surface area contributed by atoms with Crippen LogP contribution in [0.15, 0.2) is 24.3 Å². The maximum absolute atomic E-state index is 12.5. The quantitative estimate of drug-likeness (QED) is 0.665. The molecule has 0 spiro atoms. The molecule has 1 heterocycles.